The van der Waals surface area contributed by atoms with Gasteiger partial charge in [0.05, 0.1) is 0 Å². The van der Waals surface area contributed by atoms with Gasteiger partial charge in [0.2, 0.25) is 0 Å². The first-order chi connectivity index (χ1) is 10.0. The number of allylic oxidation sites excluding steroid dienone is 2. The van der Waals surface area contributed by atoms with Crippen LogP contribution in [-0.4, -0.2) is 17.9 Å². The van der Waals surface area contributed by atoms with Gasteiger partial charge < -0.3 is 5.32 Å². The molecule has 0 amide bonds. The van der Waals surface area contributed by atoms with Crippen LogP contribution in [0.15, 0.2) is 11.6 Å². The van der Waals surface area contributed by atoms with E-state index < -0.39 is 0 Å². The van der Waals surface area contributed by atoms with Gasteiger partial charge in [-0.3, -0.25) is 4.79 Å². The van der Waals surface area contributed by atoms with Crippen LogP contribution in [0.4, 0.5) is 0 Å². The second-order valence-electron chi connectivity index (χ2n) is 8.49. The maximum Gasteiger partial charge on any atom is 0.155 e. The van der Waals surface area contributed by atoms with Gasteiger partial charge in [-0.2, -0.15) is 0 Å². The van der Waals surface area contributed by atoms with Gasteiger partial charge in [-0.25, -0.2) is 0 Å². The molecule has 2 nitrogen and oxygen atoms in total. The highest BCUT2D eigenvalue weighted by Crippen LogP contribution is 2.60. The molecule has 116 valence electrons. The van der Waals surface area contributed by atoms with Gasteiger partial charge in [-0.05, 0) is 87.7 Å². The summed E-state index contributed by atoms with van der Waals surface area (Å²) in [6, 6.07) is 0. The topological polar surface area (TPSA) is 29.1 Å². The fraction of sp³-hybridized carbons (Fsp3) is 0.842. The average molecular weight is 287 g/mol. The van der Waals surface area contributed by atoms with Crippen LogP contribution in [-0.2, 0) is 4.79 Å². The zero-order chi connectivity index (χ0) is 14.7. The van der Waals surface area contributed by atoms with Crippen molar-refractivity contribution in [1.82, 2.24) is 5.32 Å². The van der Waals surface area contributed by atoms with E-state index >= 15 is 0 Å². The average Bonchev–Trinajstić information content (AvgIpc) is 2.47. The smallest absolute Gasteiger partial charge is 0.155 e. The molecule has 3 fully saturated rings. The number of piperidine rings is 1. The van der Waals surface area contributed by atoms with Crippen molar-refractivity contribution in [2.75, 3.05) is 6.54 Å². The van der Waals surface area contributed by atoms with Crippen molar-refractivity contribution in [2.45, 2.75) is 70.8 Å². The lowest BCUT2D eigenvalue weighted by Crippen LogP contribution is -2.61. The molecule has 0 aromatic carbocycles. The van der Waals surface area contributed by atoms with Crippen LogP contribution in [0.25, 0.3) is 0 Å². The van der Waals surface area contributed by atoms with Gasteiger partial charge >= 0.3 is 0 Å². The molecule has 1 heterocycles. The largest absolute Gasteiger partial charge is 0.311 e. The molecule has 0 spiro atoms. The van der Waals surface area contributed by atoms with E-state index in [1.54, 1.807) is 0 Å². The molecule has 4 rings (SSSR count). The number of carbonyl (C=O) groups excluding carboxylic acids is 1. The summed E-state index contributed by atoms with van der Waals surface area (Å²) in [7, 11) is 0. The number of ketones is 1. The lowest BCUT2D eigenvalue weighted by molar-refractivity contribution is -0.117. The first-order valence-electron chi connectivity index (χ1n) is 9.02. The minimum atomic E-state index is 0.329. The monoisotopic (exact) mass is 287 g/mol. The number of rotatable bonds is 0. The first kappa shape index (κ1) is 14.0. The summed E-state index contributed by atoms with van der Waals surface area (Å²) < 4.78 is 0. The van der Waals surface area contributed by atoms with Crippen molar-refractivity contribution in [3.05, 3.63) is 11.6 Å². The van der Waals surface area contributed by atoms with Crippen molar-refractivity contribution in [3.63, 3.8) is 0 Å². The predicted molar refractivity (Wildman–Crippen MR) is 85.0 cm³/mol. The normalized spacial score (nSPS) is 49.7. The van der Waals surface area contributed by atoms with E-state index in [1.165, 1.54) is 50.6 Å². The molecular weight excluding hydrogens is 258 g/mol. The Labute approximate surface area is 128 Å². The third kappa shape index (κ3) is 1.98. The highest BCUT2D eigenvalue weighted by atomic mass is 16.1. The maximum absolute atomic E-state index is 11.8. The quantitative estimate of drug-likeness (QED) is 0.733. The number of hydrogen-bond donors (Lipinski definition) is 1. The van der Waals surface area contributed by atoms with E-state index in [0.717, 1.165) is 30.6 Å². The predicted octanol–water partition coefficient (Wildman–Crippen LogP) is 3.86. The Morgan fingerprint density at radius 2 is 1.95 bits per heavy atom. The van der Waals surface area contributed by atoms with E-state index in [2.05, 4.69) is 19.2 Å². The molecule has 4 aliphatic rings. The molecule has 5 atom stereocenters. The fourth-order valence-electron chi connectivity index (χ4n) is 6.33. The van der Waals surface area contributed by atoms with Gasteiger partial charge in [0.15, 0.2) is 5.78 Å². The van der Waals surface area contributed by atoms with Crippen LogP contribution in [0.2, 0.25) is 0 Å². The summed E-state index contributed by atoms with van der Waals surface area (Å²) in [6.07, 6.45) is 11.9. The summed E-state index contributed by atoms with van der Waals surface area (Å²) in [5.74, 6) is 2.94. The van der Waals surface area contributed by atoms with E-state index in [0.29, 0.717) is 16.7 Å². The van der Waals surface area contributed by atoms with Gasteiger partial charge in [-0.1, -0.05) is 12.5 Å². The van der Waals surface area contributed by atoms with Gasteiger partial charge in [-0.15, -0.1) is 0 Å². The number of carbonyl (C=O) groups is 1. The number of nitrogens with one attached hydrogen (secondary N) is 1. The van der Waals surface area contributed by atoms with Crippen LogP contribution in [0.3, 0.4) is 0 Å². The lowest BCUT2D eigenvalue weighted by atomic mass is 9.47. The minimum Gasteiger partial charge on any atom is -0.311 e. The number of fused-ring (bicyclic) bond motifs is 5. The molecule has 0 aromatic heterocycles. The van der Waals surface area contributed by atoms with E-state index in [9.17, 15) is 4.79 Å². The Kier molecular flexibility index (Phi) is 3.12. The Morgan fingerprint density at radius 1 is 1.10 bits per heavy atom. The Hall–Kier alpha value is -0.630. The zero-order valence-corrected chi connectivity index (χ0v) is 13.6. The van der Waals surface area contributed by atoms with Crippen molar-refractivity contribution >= 4 is 5.78 Å². The van der Waals surface area contributed by atoms with Crippen LogP contribution in [0.5, 0.6) is 0 Å². The molecule has 1 saturated heterocycles. The van der Waals surface area contributed by atoms with Gasteiger partial charge in [0, 0.05) is 12.0 Å². The van der Waals surface area contributed by atoms with Crippen molar-refractivity contribution < 1.29 is 4.79 Å². The van der Waals surface area contributed by atoms with Crippen molar-refractivity contribution in [2.24, 2.45) is 23.2 Å². The van der Waals surface area contributed by atoms with E-state index in [4.69, 9.17) is 0 Å². The summed E-state index contributed by atoms with van der Waals surface area (Å²) in [4.78, 5) is 11.8. The Balaban J connectivity index is 1.68. The highest BCUT2D eigenvalue weighted by Gasteiger charge is 2.55. The lowest BCUT2D eigenvalue weighted by Gasteiger charge is -2.60. The molecule has 0 radical (unpaired) electrons. The molecule has 0 aromatic rings. The first-order valence-corrected chi connectivity index (χ1v) is 9.02. The maximum atomic E-state index is 11.8. The van der Waals surface area contributed by atoms with E-state index in [-0.39, 0.29) is 0 Å². The molecule has 2 heteroatoms. The summed E-state index contributed by atoms with van der Waals surface area (Å²) in [5.41, 5.74) is 2.21. The standard InChI is InChI=1S/C19H29NO/c1-18-9-7-14(21)12-13(18)5-6-15-16(18)8-10-19(2)17(15)4-3-11-20-19/h12,15-17,20H,3-11H2,1-2H3/t15-,16+,17+,18+,19+/m1/s1. The molecule has 2 saturated carbocycles. The van der Waals surface area contributed by atoms with Gasteiger partial charge in [0.25, 0.3) is 0 Å². The minimum absolute atomic E-state index is 0.329. The molecule has 0 bridgehead atoms. The molecule has 1 N–H and O–H groups in total. The van der Waals surface area contributed by atoms with Crippen LogP contribution in [0.1, 0.15) is 65.2 Å². The second kappa shape index (κ2) is 4.68. The summed E-state index contributed by atoms with van der Waals surface area (Å²) in [5, 5.41) is 3.85. The molecular formula is C19H29NO. The molecule has 0 unspecified atom stereocenters. The van der Waals surface area contributed by atoms with E-state index in [1.807, 2.05) is 6.08 Å². The zero-order valence-electron chi connectivity index (χ0n) is 13.6. The highest BCUT2D eigenvalue weighted by molar-refractivity contribution is 5.91. The second-order valence-corrected chi connectivity index (χ2v) is 8.49. The van der Waals surface area contributed by atoms with Crippen LogP contribution >= 0.6 is 0 Å². The molecule has 21 heavy (non-hydrogen) atoms. The summed E-state index contributed by atoms with van der Waals surface area (Å²) in [6.45, 7) is 6.16. The SMILES string of the molecule is C[C@]12CCC(=O)C=C1CC[C@@H]1[C@@H]2CC[C@]2(C)NCCC[C@@H]12. The third-order valence-corrected chi connectivity index (χ3v) is 7.57. The van der Waals surface area contributed by atoms with Crippen molar-refractivity contribution in [1.29, 1.82) is 0 Å². The molecule has 3 aliphatic carbocycles. The Morgan fingerprint density at radius 3 is 2.81 bits per heavy atom. The number of hydrogen-bond acceptors (Lipinski definition) is 2. The van der Waals surface area contributed by atoms with Crippen LogP contribution in [0, 0.1) is 23.2 Å². The van der Waals surface area contributed by atoms with Gasteiger partial charge in [0.1, 0.15) is 0 Å². The Bertz CT molecular complexity index is 496. The third-order valence-electron chi connectivity index (χ3n) is 7.57. The summed E-state index contributed by atoms with van der Waals surface area (Å²) >= 11 is 0. The van der Waals surface area contributed by atoms with Crippen molar-refractivity contribution in [3.8, 4) is 0 Å². The molecule has 1 aliphatic heterocycles. The fourth-order valence-corrected chi connectivity index (χ4v) is 6.33. The van der Waals surface area contributed by atoms with Crippen LogP contribution < -0.4 is 5.32 Å².